The molecule has 0 heterocycles. The molecule has 0 aliphatic heterocycles. The molecule has 8 heteroatoms. The van der Waals surface area contributed by atoms with Gasteiger partial charge in [-0.05, 0) is 24.1 Å². The SMILES string of the molecule is CCc1ccc(S(=O)(=O)NCCS(C)=O)cc1C(=O)O. The Morgan fingerprint density at radius 3 is 2.55 bits per heavy atom. The summed E-state index contributed by atoms with van der Waals surface area (Å²) in [5.41, 5.74) is 0.556. The lowest BCUT2D eigenvalue weighted by Crippen LogP contribution is -2.28. The van der Waals surface area contributed by atoms with Gasteiger partial charge >= 0.3 is 5.97 Å². The number of benzene rings is 1. The summed E-state index contributed by atoms with van der Waals surface area (Å²) >= 11 is 0. The number of hydrogen-bond donors (Lipinski definition) is 2. The minimum Gasteiger partial charge on any atom is -0.478 e. The lowest BCUT2D eigenvalue weighted by atomic mass is 10.1. The zero-order valence-corrected chi connectivity index (χ0v) is 12.9. The second-order valence-corrected chi connectivity index (χ2v) is 7.47. The van der Waals surface area contributed by atoms with Crippen molar-refractivity contribution in [1.82, 2.24) is 4.72 Å². The third-order valence-corrected chi connectivity index (χ3v) is 4.92. The Morgan fingerprint density at radius 2 is 2.05 bits per heavy atom. The first-order valence-electron chi connectivity index (χ1n) is 5.94. The van der Waals surface area contributed by atoms with Crippen molar-refractivity contribution in [2.45, 2.75) is 18.2 Å². The maximum Gasteiger partial charge on any atom is 0.336 e. The lowest BCUT2D eigenvalue weighted by molar-refractivity contribution is 0.0695. The summed E-state index contributed by atoms with van der Waals surface area (Å²) in [6.45, 7) is 1.84. The zero-order chi connectivity index (χ0) is 15.3. The predicted molar refractivity (Wildman–Crippen MR) is 76.9 cm³/mol. The highest BCUT2D eigenvalue weighted by Gasteiger charge is 2.18. The van der Waals surface area contributed by atoms with E-state index in [0.717, 1.165) is 6.07 Å². The molecule has 0 saturated carbocycles. The zero-order valence-electron chi connectivity index (χ0n) is 11.3. The molecule has 0 spiro atoms. The molecule has 1 aromatic rings. The summed E-state index contributed by atoms with van der Waals surface area (Å²) < 4.78 is 37.2. The summed E-state index contributed by atoms with van der Waals surface area (Å²) in [6.07, 6.45) is 1.98. The highest BCUT2D eigenvalue weighted by Crippen LogP contribution is 2.16. The number of sulfonamides is 1. The van der Waals surface area contributed by atoms with Gasteiger partial charge in [-0.25, -0.2) is 17.9 Å². The Labute approximate surface area is 120 Å². The normalized spacial score (nSPS) is 13.1. The highest BCUT2D eigenvalue weighted by atomic mass is 32.2. The second-order valence-electron chi connectivity index (χ2n) is 4.15. The van der Waals surface area contributed by atoms with Crippen LogP contribution in [0.2, 0.25) is 0 Å². The van der Waals surface area contributed by atoms with E-state index in [-0.39, 0.29) is 22.8 Å². The molecular formula is C12H17NO5S2. The van der Waals surface area contributed by atoms with Crippen molar-refractivity contribution in [2.75, 3.05) is 18.6 Å². The van der Waals surface area contributed by atoms with Crippen molar-refractivity contribution >= 4 is 26.8 Å². The van der Waals surface area contributed by atoms with E-state index in [4.69, 9.17) is 5.11 Å². The molecule has 0 fully saturated rings. The summed E-state index contributed by atoms with van der Waals surface area (Å²) in [4.78, 5) is 11.0. The molecule has 1 unspecified atom stereocenters. The fraction of sp³-hybridized carbons (Fsp3) is 0.417. The van der Waals surface area contributed by atoms with E-state index in [0.29, 0.717) is 12.0 Å². The molecule has 1 rings (SSSR count). The molecular weight excluding hydrogens is 302 g/mol. The number of aromatic carboxylic acids is 1. The molecule has 6 nitrogen and oxygen atoms in total. The van der Waals surface area contributed by atoms with Gasteiger partial charge < -0.3 is 5.11 Å². The summed E-state index contributed by atoms with van der Waals surface area (Å²) in [5.74, 6) is -0.952. The molecule has 0 aromatic heterocycles. The molecule has 1 atom stereocenters. The second kappa shape index (κ2) is 6.96. The van der Waals surface area contributed by atoms with Crippen LogP contribution in [-0.2, 0) is 27.2 Å². The van der Waals surface area contributed by atoms with Crippen molar-refractivity contribution in [1.29, 1.82) is 0 Å². The van der Waals surface area contributed by atoms with E-state index in [1.807, 2.05) is 0 Å². The van der Waals surface area contributed by atoms with Crippen LogP contribution in [-0.4, -0.2) is 42.3 Å². The van der Waals surface area contributed by atoms with Crippen molar-refractivity contribution in [3.05, 3.63) is 29.3 Å². The van der Waals surface area contributed by atoms with Crippen LogP contribution in [0.3, 0.4) is 0 Å². The molecule has 2 N–H and O–H groups in total. The van der Waals surface area contributed by atoms with E-state index in [9.17, 15) is 17.4 Å². The number of carboxylic acids is 1. The first-order valence-corrected chi connectivity index (χ1v) is 9.15. The van der Waals surface area contributed by atoms with Crippen LogP contribution in [0.5, 0.6) is 0 Å². The van der Waals surface area contributed by atoms with Crippen molar-refractivity contribution in [3.63, 3.8) is 0 Å². The predicted octanol–water partition coefficient (Wildman–Crippen LogP) is 0.604. The topological polar surface area (TPSA) is 101 Å². The van der Waals surface area contributed by atoms with Crippen molar-refractivity contribution in [3.8, 4) is 0 Å². The molecule has 20 heavy (non-hydrogen) atoms. The average Bonchev–Trinajstić information content (AvgIpc) is 2.37. The van der Waals surface area contributed by atoms with Gasteiger partial charge in [-0.2, -0.15) is 0 Å². The molecule has 0 saturated heterocycles. The van der Waals surface area contributed by atoms with Crippen LogP contribution < -0.4 is 4.72 Å². The van der Waals surface area contributed by atoms with E-state index in [1.54, 1.807) is 6.92 Å². The van der Waals surface area contributed by atoms with Crippen molar-refractivity contribution in [2.24, 2.45) is 0 Å². The van der Waals surface area contributed by atoms with Gasteiger partial charge in [0.1, 0.15) is 0 Å². The van der Waals surface area contributed by atoms with Gasteiger partial charge in [0.2, 0.25) is 10.0 Å². The Kier molecular flexibility index (Phi) is 5.85. The summed E-state index contributed by atoms with van der Waals surface area (Å²) in [5, 5.41) is 9.08. The number of nitrogens with one attached hydrogen (secondary N) is 1. The van der Waals surface area contributed by atoms with Crippen LogP contribution >= 0.6 is 0 Å². The third-order valence-electron chi connectivity index (χ3n) is 2.68. The minimum atomic E-state index is -3.78. The van der Waals surface area contributed by atoms with Gasteiger partial charge in [-0.15, -0.1) is 0 Å². The Morgan fingerprint density at radius 1 is 1.40 bits per heavy atom. The van der Waals surface area contributed by atoms with Crippen LogP contribution in [0, 0.1) is 0 Å². The fourth-order valence-corrected chi connectivity index (χ4v) is 3.21. The quantitative estimate of drug-likeness (QED) is 0.766. The van der Waals surface area contributed by atoms with E-state index in [2.05, 4.69) is 4.72 Å². The van der Waals surface area contributed by atoms with Crippen LogP contribution in [0.15, 0.2) is 23.1 Å². The van der Waals surface area contributed by atoms with Gasteiger partial charge in [0, 0.05) is 29.4 Å². The van der Waals surface area contributed by atoms with E-state index < -0.39 is 26.8 Å². The molecule has 0 bridgehead atoms. The molecule has 0 amide bonds. The maximum atomic E-state index is 12.0. The number of carbonyl (C=O) groups is 1. The van der Waals surface area contributed by atoms with Gasteiger partial charge in [0.15, 0.2) is 0 Å². The molecule has 0 aliphatic rings. The van der Waals surface area contributed by atoms with Gasteiger partial charge in [-0.3, -0.25) is 4.21 Å². The Hall–Kier alpha value is -1.25. The van der Waals surface area contributed by atoms with Gasteiger partial charge in [-0.1, -0.05) is 13.0 Å². The lowest BCUT2D eigenvalue weighted by Gasteiger charge is -2.09. The Balaban J connectivity index is 3.04. The standard InChI is InChI=1S/C12H17NO5S2/c1-3-9-4-5-10(8-11(9)12(14)15)20(17,18)13-6-7-19(2)16/h4-5,8,13H,3,6-7H2,1-2H3,(H,14,15). The largest absolute Gasteiger partial charge is 0.478 e. The minimum absolute atomic E-state index is 0.0190. The summed E-state index contributed by atoms with van der Waals surface area (Å²) in [6, 6.07) is 4.01. The monoisotopic (exact) mass is 319 g/mol. The van der Waals surface area contributed by atoms with E-state index in [1.165, 1.54) is 18.4 Å². The Bertz CT molecular complexity index is 625. The average molecular weight is 319 g/mol. The van der Waals surface area contributed by atoms with E-state index >= 15 is 0 Å². The molecule has 0 radical (unpaired) electrons. The van der Waals surface area contributed by atoms with Gasteiger partial charge in [0.25, 0.3) is 0 Å². The third kappa shape index (κ3) is 4.39. The number of rotatable bonds is 7. The van der Waals surface area contributed by atoms with Gasteiger partial charge in [0.05, 0.1) is 10.5 Å². The smallest absolute Gasteiger partial charge is 0.336 e. The van der Waals surface area contributed by atoms with Crippen LogP contribution in [0.25, 0.3) is 0 Å². The molecule has 0 aliphatic carbocycles. The summed E-state index contributed by atoms with van der Waals surface area (Å²) in [7, 11) is -4.88. The molecule has 112 valence electrons. The molecule has 1 aromatic carbocycles. The highest BCUT2D eigenvalue weighted by molar-refractivity contribution is 7.89. The van der Waals surface area contributed by atoms with Crippen molar-refractivity contribution < 1.29 is 22.5 Å². The maximum absolute atomic E-state index is 12.0. The first-order chi connectivity index (χ1) is 9.27. The number of carboxylic acid groups (broad SMARTS) is 1. The fourth-order valence-electron chi connectivity index (χ4n) is 1.63. The number of aryl methyl sites for hydroxylation is 1. The number of hydrogen-bond acceptors (Lipinski definition) is 4. The van der Waals surface area contributed by atoms with Crippen LogP contribution in [0.1, 0.15) is 22.8 Å². The first kappa shape index (κ1) is 16.8. The van der Waals surface area contributed by atoms with Crippen LogP contribution in [0.4, 0.5) is 0 Å².